The van der Waals surface area contributed by atoms with E-state index >= 15 is 0 Å². The first kappa shape index (κ1) is 32.0. The Kier molecular flexibility index (Phi) is 7.42. The highest BCUT2D eigenvalue weighted by atomic mass is 14.7. The lowest BCUT2D eigenvalue weighted by Gasteiger charge is -2.19. The third kappa shape index (κ3) is 5.42. The SMILES string of the molecule is CC(C)(C)c1ccc(-c2ccc(-c3c4ccccc4c(-c4ccc5cc(-c6ccc7ccc8cccnc8c7n6)ccc5c4)c4ccccc34)cc2)cc1. The van der Waals surface area contributed by atoms with Gasteiger partial charge in [-0.2, -0.15) is 0 Å². The zero-order valence-corrected chi connectivity index (χ0v) is 30.6. The van der Waals surface area contributed by atoms with Crippen LogP contribution in [-0.4, -0.2) is 9.97 Å². The van der Waals surface area contributed by atoms with E-state index in [1.54, 1.807) is 0 Å². The number of nitrogens with zero attached hydrogens (tertiary/aromatic N) is 2. The van der Waals surface area contributed by atoms with Gasteiger partial charge in [0.1, 0.15) is 0 Å². The van der Waals surface area contributed by atoms with Crippen molar-refractivity contribution in [1.82, 2.24) is 9.97 Å². The Hall–Kier alpha value is -6.64. The number of aromatic nitrogens is 2. The Morgan fingerprint density at radius 3 is 1.44 bits per heavy atom. The summed E-state index contributed by atoms with van der Waals surface area (Å²) >= 11 is 0. The first-order valence-electron chi connectivity index (χ1n) is 18.7. The Balaban J connectivity index is 1.06. The number of hydrogen-bond donors (Lipinski definition) is 0. The molecule has 0 N–H and O–H groups in total. The fourth-order valence-corrected chi connectivity index (χ4v) is 8.19. The number of fused-ring (bicyclic) bond motifs is 6. The number of pyridine rings is 2. The summed E-state index contributed by atoms with van der Waals surface area (Å²) in [6.45, 7) is 6.78. The van der Waals surface area contributed by atoms with Crippen LogP contribution >= 0.6 is 0 Å². The van der Waals surface area contributed by atoms with Gasteiger partial charge in [-0.25, -0.2) is 4.98 Å². The second-order valence-corrected chi connectivity index (χ2v) is 15.4. The fraction of sp³-hybridized carbons (Fsp3) is 0.0769. The van der Waals surface area contributed by atoms with Crippen LogP contribution in [0, 0.1) is 0 Å². The molecule has 54 heavy (non-hydrogen) atoms. The standard InChI is InChI=1S/C52H38N2/c1-52(2,3)42-27-24-34(25-28-42)33-14-16-35(17-15-33)48-43-10-4-6-12-45(43)49(46-13-7-5-11-44(46)48)41-23-21-38-31-40(22-20-39(38)32-41)47-29-26-37-19-18-36-9-8-30-53-50(36)51(37)54-47/h4-32H,1-3H3. The van der Waals surface area contributed by atoms with Crippen molar-refractivity contribution in [3.8, 4) is 44.6 Å². The third-order valence-electron chi connectivity index (χ3n) is 11.0. The number of benzene rings is 8. The Bertz CT molecular complexity index is 3000. The summed E-state index contributed by atoms with van der Waals surface area (Å²) in [7, 11) is 0. The van der Waals surface area contributed by atoms with Gasteiger partial charge in [-0.3, -0.25) is 4.98 Å². The van der Waals surface area contributed by atoms with E-state index in [9.17, 15) is 0 Å². The summed E-state index contributed by atoms with van der Waals surface area (Å²) in [5.74, 6) is 0. The van der Waals surface area contributed by atoms with Gasteiger partial charge in [0.15, 0.2) is 0 Å². The Labute approximate surface area is 315 Å². The average Bonchev–Trinajstić information content (AvgIpc) is 3.22. The second kappa shape index (κ2) is 12.5. The first-order chi connectivity index (χ1) is 26.4. The van der Waals surface area contributed by atoms with E-state index in [4.69, 9.17) is 4.98 Å². The summed E-state index contributed by atoms with van der Waals surface area (Å²) in [6.07, 6.45) is 1.84. The molecule has 10 aromatic rings. The highest BCUT2D eigenvalue weighted by Crippen LogP contribution is 2.44. The first-order valence-corrected chi connectivity index (χ1v) is 18.7. The summed E-state index contributed by atoms with van der Waals surface area (Å²) in [5, 5.41) is 9.61. The van der Waals surface area contributed by atoms with Gasteiger partial charge in [0.25, 0.3) is 0 Å². The maximum absolute atomic E-state index is 5.12. The topological polar surface area (TPSA) is 25.8 Å². The zero-order chi connectivity index (χ0) is 36.4. The van der Waals surface area contributed by atoms with Crippen LogP contribution < -0.4 is 0 Å². The van der Waals surface area contributed by atoms with Gasteiger partial charge < -0.3 is 0 Å². The molecule has 0 aliphatic heterocycles. The summed E-state index contributed by atoms with van der Waals surface area (Å²) in [4.78, 5) is 9.77. The normalized spacial score (nSPS) is 12.0. The molecule has 0 aliphatic carbocycles. The van der Waals surface area contributed by atoms with E-state index in [1.807, 2.05) is 12.3 Å². The molecule has 0 saturated carbocycles. The lowest BCUT2D eigenvalue weighted by atomic mass is 9.85. The van der Waals surface area contributed by atoms with Gasteiger partial charge in [0.2, 0.25) is 0 Å². The van der Waals surface area contributed by atoms with Crippen LogP contribution in [0.3, 0.4) is 0 Å². The molecule has 2 heteroatoms. The highest BCUT2D eigenvalue weighted by molar-refractivity contribution is 6.21. The molecule has 2 heterocycles. The summed E-state index contributed by atoms with van der Waals surface area (Å²) in [6, 6.07) is 62.1. The van der Waals surface area contributed by atoms with Crippen LogP contribution in [0.25, 0.3) is 98.8 Å². The average molecular weight is 691 g/mol. The fourth-order valence-electron chi connectivity index (χ4n) is 8.19. The van der Waals surface area contributed by atoms with Crippen molar-refractivity contribution in [2.75, 3.05) is 0 Å². The predicted octanol–water partition coefficient (Wildman–Crippen LogP) is 14.2. The molecule has 0 radical (unpaired) electrons. The van der Waals surface area contributed by atoms with E-state index in [0.717, 1.165) is 33.1 Å². The molecular formula is C52H38N2. The Morgan fingerprint density at radius 1 is 0.370 bits per heavy atom. The van der Waals surface area contributed by atoms with Crippen LogP contribution in [0.2, 0.25) is 0 Å². The molecule has 0 unspecified atom stereocenters. The van der Waals surface area contributed by atoms with Crippen molar-refractivity contribution >= 4 is 54.1 Å². The van der Waals surface area contributed by atoms with Crippen LogP contribution in [0.1, 0.15) is 26.3 Å². The van der Waals surface area contributed by atoms with Gasteiger partial charge in [0, 0.05) is 22.5 Å². The van der Waals surface area contributed by atoms with Crippen LogP contribution in [-0.2, 0) is 5.41 Å². The minimum absolute atomic E-state index is 0.137. The summed E-state index contributed by atoms with van der Waals surface area (Å²) < 4.78 is 0. The largest absolute Gasteiger partial charge is 0.254 e. The molecule has 0 spiro atoms. The van der Waals surface area contributed by atoms with Gasteiger partial charge in [-0.1, -0.05) is 166 Å². The summed E-state index contributed by atoms with van der Waals surface area (Å²) in [5.41, 5.74) is 12.8. The molecule has 0 saturated heterocycles. The van der Waals surface area contributed by atoms with E-state index < -0.39 is 0 Å². The van der Waals surface area contributed by atoms with Crippen molar-refractivity contribution in [3.05, 3.63) is 182 Å². The smallest absolute Gasteiger partial charge is 0.0972 e. The van der Waals surface area contributed by atoms with Crippen molar-refractivity contribution in [1.29, 1.82) is 0 Å². The van der Waals surface area contributed by atoms with Crippen molar-refractivity contribution in [2.45, 2.75) is 26.2 Å². The molecule has 10 rings (SSSR count). The molecule has 0 bridgehead atoms. The molecule has 0 amide bonds. The van der Waals surface area contributed by atoms with E-state index in [0.29, 0.717) is 0 Å². The van der Waals surface area contributed by atoms with E-state index in [2.05, 4.69) is 190 Å². The molecule has 0 fully saturated rings. The number of rotatable bonds is 4. The minimum atomic E-state index is 0.137. The van der Waals surface area contributed by atoms with Crippen LogP contribution in [0.4, 0.5) is 0 Å². The third-order valence-corrected chi connectivity index (χ3v) is 11.0. The zero-order valence-electron chi connectivity index (χ0n) is 30.6. The predicted molar refractivity (Wildman–Crippen MR) is 230 cm³/mol. The molecule has 2 nitrogen and oxygen atoms in total. The molecule has 8 aromatic carbocycles. The monoisotopic (exact) mass is 690 g/mol. The van der Waals surface area contributed by atoms with Gasteiger partial charge in [0.05, 0.1) is 16.7 Å². The van der Waals surface area contributed by atoms with Gasteiger partial charge in [-0.05, 0) is 101 Å². The minimum Gasteiger partial charge on any atom is -0.254 e. The van der Waals surface area contributed by atoms with E-state index in [-0.39, 0.29) is 5.41 Å². The van der Waals surface area contributed by atoms with Crippen molar-refractivity contribution in [2.24, 2.45) is 0 Å². The number of hydrogen-bond acceptors (Lipinski definition) is 2. The maximum Gasteiger partial charge on any atom is 0.0972 e. The molecular weight excluding hydrogens is 653 g/mol. The second-order valence-electron chi connectivity index (χ2n) is 15.4. The molecule has 2 aromatic heterocycles. The molecule has 0 aliphatic rings. The maximum atomic E-state index is 5.12. The van der Waals surface area contributed by atoms with Crippen LogP contribution in [0.5, 0.6) is 0 Å². The van der Waals surface area contributed by atoms with Crippen molar-refractivity contribution in [3.63, 3.8) is 0 Å². The van der Waals surface area contributed by atoms with E-state index in [1.165, 1.54) is 71.3 Å². The Morgan fingerprint density at radius 2 is 0.833 bits per heavy atom. The lowest BCUT2D eigenvalue weighted by Crippen LogP contribution is -2.10. The molecule has 256 valence electrons. The lowest BCUT2D eigenvalue weighted by molar-refractivity contribution is 0.590. The quantitative estimate of drug-likeness (QED) is 0.136. The van der Waals surface area contributed by atoms with Gasteiger partial charge in [-0.15, -0.1) is 0 Å². The van der Waals surface area contributed by atoms with Gasteiger partial charge >= 0.3 is 0 Å². The highest BCUT2D eigenvalue weighted by Gasteiger charge is 2.18. The molecule has 0 atom stereocenters. The van der Waals surface area contributed by atoms with Crippen LogP contribution in [0.15, 0.2) is 176 Å². The van der Waals surface area contributed by atoms with Crippen molar-refractivity contribution < 1.29 is 0 Å².